The van der Waals surface area contributed by atoms with Gasteiger partial charge in [-0.1, -0.05) is 13.8 Å². The number of hydrogen-bond donors (Lipinski definition) is 2. The van der Waals surface area contributed by atoms with Crippen LogP contribution in [0.1, 0.15) is 24.2 Å². The van der Waals surface area contributed by atoms with Gasteiger partial charge in [0, 0.05) is 12.6 Å². The van der Waals surface area contributed by atoms with Gasteiger partial charge in [0.05, 0.1) is 5.56 Å². The first-order chi connectivity index (χ1) is 9.22. The summed E-state index contributed by atoms with van der Waals surface area (Å²) in [6.45, 7) is 4.50. The van der Waals surface area contributed by atoms with Crippen molar-refractivity contribution in [3.8, 4) is 0 Å². The molecule has 0 aliphatic heterocycles. The molecule has 1 atom stereocenters. The maximum atomic E-state index is 13.9. The number of benzene rings is 1. The van der Waals surface area contributed by atoms with Crippen molar-refractivity contribution in [1.82, 2.24) is 4.90 Å². The first-order valence-electron chi connectivity index (χ1n) is 6.36. The summed E-state index contributed by atoms with van der Waals surface area (Å²) >= 11 is 0. The molecule has 1 rings (SSSR count). The van der Waals surface area contributed by atoms with E-state index in [0.29, 0.717) is 6.54 Å². The molecule has 1 aromatic rings. The maximum absolute atomic E-state index is 13.9. The molecule has 0 heterocycles. The van der Waals surface area contributed by atoms with Crippen LogP contribution in [-0.4, -0.2) is 42.7 Å². The molecule has 0 aromatic heterocycles. The van der Waals surface area contributed by atoms with Gasteiger partial charge in [0.2, 0.25) is 0 Å². The van der Waals surface area contributed by atoms with Crippen molar-refractivity contribution in [3.05, 3.63) is 29.3 Å². The number of likely N-dealkylation sites (N-methyl/N-ethyl adjacent to an activating group) is 1. The number of halogens is 2. The van der Waals surface area contributed by atoms with Crippen molar-refractivity contribution in [2.24, 2.45) is 5.92 Å². The van der Waals surface area contributed by atoms with Crippen LogP contribution in [0, 0.1) is 17.6 Å². The third-order valence-electron chi connectivity index (χ3n) is 2.99. The number of rotatable bonds is 6. The quantitative estimate of drug-likeness (QED) is 0.844. The fourth-order valence-electron chi connectivity index (χ4n) is 1.84. The fourth-order valence-corrected chi connectivity index (χ4v) is 1.84. The Morgan fingerprint density at radius 2 is 1.80 bits per heavy atom. The van der Waals surface area contributed by atoms with E-state index in [1.165, 1.54) is 0 Å². The second-order valence-corrected chi connectivity index (χ2v) is 5.38. The molecule has 112 valence electrons. The van der Waals surface area contributed by atoms with Crippen molar-refractivity contribution in [2.75, 3.05) is 26.0 Å². The molecule has 2 N–H and O–H groups in total. The van der Waals surface area contributed by atoms with Gasteiger partial charge in [-0.05, 0) is 32.1 Å². The number of carbonyl (C=O) groups is 1. The highest BCUT2D eigenvalue weighted by Gasteiger charge is 2.20. The number of carboxylic acids is 1. The number of hydrogen-bond acceptors (Lipinski definition) is 3. The summed E-state index contributed by atoms with van der Waals surface area (Å²) in [6.07, 6.45) is 0. The molecule has 0 bridgehead atoms. The second kappa shape index (κ2) is 6.65. The molecular formula is C14H20F2N2O2. The molecular weight excluding hydrogens is 266 g/mol. The summed E-state index contributed by atoms with van der Waals surface area (Å²) in [5.41, 5.74) is -0.685. The molecule has 1 aromatic carbocycles. The van der Waals surface area contributed by atoms with Gasteiger partial charge < -0.3 is 15.3 Å². The minimum Gasteiger partial charge on any atom is -0.478 e. The minimum atomic E-state index is -1.36. The average molecular weight is 286 g/mol. The number of aromatic carboxylic acids is 1. The highest BCUT2D eigenvalue weighted by molar-refractivity contribution is 5.88. The topological polar surface area (TPSA) is 52.6 Å². The van der Waals surface area contributed by atoms with Gasteiger partial charge in [-0.25, -0.2) is 13.6 Å². The molecule has 6 heteroatoms. The molecule has 0 amide bonds. The zero-order valence-electron chi connectivity index (χ0n) is 12.1. The van der Waals surface area contributed by atoms with Gasteiger partial charge in [0.25, 0.3) is 0 Å². The number of anilines is 1. The van der Waals surface area contributed by atoms with E-state index in [1.54, 1.807) is 0 Å². The van der Waals surface area contributed by atoms with Crippen LogP contribution in [0.15, 0.2) is 12.1 Å². The Morgan fingerprint density at radius 3 is 2.15 bits per heavy atom. The van der Waals surface area contributed by atoms with Crippen molar-refractivity contribution in [3.63, 3.8) is 0 Å². The molecule has 20 heavy (non-hydrogen) atoms. The van der Waals surface area contributed by atoms with Crippen molar-refractivity contribution in [1.29, 1.82) is 0 Å². The van der Waals surface area contributed by atoms with Crippen LogP contribution >= 0.6 is 0 Å². The normalized spacial score (nSPS) is 12.8. The van der Waals surface area contributed by atoms with Gasteiger partial charge in [-0.3, -0.25) is 0 Å². The highest BCUT2D eigenvalue weighted by atomic mass is 19.1. The molecule has 0 saturated heterocycles. The lowest BCUT2D eigenvalue weighted by molar-refractivity contribution is 0.0696. The minimum absolute atomic E-state index is 0.148. The van der Waals surface area contributed by atoms with Gasteiger partial charge in [-0.2, -0.15) is 0 Å². The van der Waals surface area contributed by atoms with Crippen LogP contribution in [0.3, 0.4) is 0 Å². The van der Waals surface area contributed by atoms with E-state index < -0.39 is 23.2 Å². The van der Waals surface area contributed by atoms with Crippen LogP contribution in [0.2, 0.25) is 0 Å². The number of carboxylic acid groups (broad SMARTS) is 1. The van der Waals surface area contributed by atoms with Gasteiger partial charge in [0.1, 0.15) is 17.3 Å². The van der Waals surface area contributed by atoms with E-state index >= 15 is 0 Å². The molecule has 0 fully saturated rings. The summed E-state index contributed by atoms with van der Waals surface area (Å²) in [6, 6.07) is 1.49. The van der Waals surface area contributed by atoms with Crippen LogP contribution in [0.4, 0.5) is 14.5 Å². The van der Waals surface area contributed by atoms with E-state index in [4.69, 9.17) is 5.11 Å². The van der Waals surface area contributed by atoms with Crippen LogP contribution in [-0.2, 0) is 0 Å². The molecule has 1 unspecified atom stereocenters. The second-order valence-electron chi connectivity index (χ2n) is 5.38. The predicted molar refractivity (Wildman–Crippen MR) is 74.1 cm³/mol. The average Bonchev–Trinajstić information content (AvgIpc) is 2.30. The van der Waals surface area contributed by atoms with E-state index in [0.717, 1.165) is 12.1 Å². The summed E-state index contributed by atoms with van der Waals surface area (Å²) < 4.78 is 27.7. The highest BCUT2D eigenvalue weighted by Crippen LogP contribution is 2.23. The third-order valence-corrected chi connectivity index (χ3v) is 2.99. The Morgan fingerprint density at radius 1 is 1.30 bits per heavy atom. The number of nitrogens with zero attached hydrogens (tertiary/aromatic N) is 1. The Bertz CT molecular complexity index is 467. The number of nitrogens with one attached hydrogen (secondary N) is 1. The van der Waals surface area contributed by atoms with E-state index in [-0.39, 0.29) is 17.6 Å². The molecule has 4 nitrogen and oxygen atoms in total. The summed E-state index contributed by atoms with van der Waals surface area (Å²) in [4.78, 5) is 12.6. The molecule has 0 spiro atoms. The lowest BCUT2D eigenvalue weighted by Gasteiger charge is -2.27. The zero-order chi connectivity index (χ0) is 15.4. The van der Waals surface area contributed by atoms with Crippen molar-refractivity contribution in [2.45, 2.75) is 19.9 Å². The molecule has 0 aliphatic rings. The van der Waals surface area contributed by atoms with Gasteiger partial charge in [0.15, 0.2) is 0 Å². The summed E-state index contributed by atoms with van der Waals surface area (Å²) in [7, 11) is 3.74. The van der Waals surface area contributed by atoms with Crippen LogP contribution < -0.4 is 5.32 Å². The lowest BCUT2D eigenvalue weighted by atomic mass is 10.0. The Labute approximate surface area is 117 Å². The smallest absolute Gasteiger partial charge is 0.335 e. The Balaban J connectivity index is 3.04. The van der Waals surface area contributed by atoms with Crippen molar-refractivity contribution >= 4 is 11.7 Å². The summed E-state index contributed by atoms with van der Waals surface area (Å²) in [5, 5.41) is 11.6. The van der Waals surface area contributed by atoms with Crippen molar-refractivity contribution < 1.29 is 18.7 Å². The largest absolute Gasteiger partial charge is 0.478 e. The van der Waals surface area contributed by atoms with Gasteiger partial charge >= 0.3 is 5.97 Å². The van der Waals surface area contributed by atoms with E-state index in [1.807, 2.05) is 32.8 Å². The summed E-state index contributed by atoms with van der Waals surface area (Å²) in [5.74, 6) is -2.99. The standard InChI is InChI=1S/C14H20F2N2O2/c1-8(2)12(7-18(3)4)17-13-10(15)5-9(14(19)20)6-11(13)16/h5-6,8,12,17H,7H2,1-4H3,(H,19,20). The zero-order valence-corrected chi connectivity index (χ0v) is 12.1. The van der Waals surface area contributed by atoms with Crippen LogP contribution in [0.5, 0.6) is 0 Å². The predicted octanol–water partition coefficient (Wildman–Crippen LogP) is 2.66. The monoisotopic (exact) mass is 286 g/mol. The van der Waals surface area contributed by atoms with E-state index in [9.17, 15) is 13.6 Å². The molecule has 0 radical (unpaired) electrons. The third kappa shape index (κ3) is 4.16. The Hall–Kier alpha value is -1.69. The van der Waals surface area contributed by atoms with E-state index in [2.05, 4.69) is 5.32 Å². The lowest BCUT2D eigenvalue weighted by Crippen LogP contribution is -2.37. The Kier molecular flexibility index (Phi) is 5.44. The molecule has 0 saturated carbocycles. The molecule has 0 aliphatic carbocycles. The SMILES string of the molecule is CC(C)C(CN(C)C)Nc1c(F)cc(C(=O)O)cc1F. The first-order valence-corrected chi connectivity index (χ1v) is 6.36. The maximum Gasteiger partial charge on any atom is 0.335 e. The first kappa shape index (κ1) is 16.4. The van der Waals surface area contributed by atoms with Crippen LogP contribution in [0.25, 0.3) is 0 Å². The van der Waals surface area contributed by atoms with Gasteiger partial charge in [-0.15, -0.1) is 0 Å². The fraction of sp³-hybridized carbons (Fsp3) is 0.500.